The summed E-state index contributed by atoms with van der Waals surface area (Å²) < 4.78 is 0. The van der Waals surface area contributed by atoms with Crippen LogP contribution in [0.25, 0.3) is 0 Å². The van der Waals surface area contributed by atoms with Gasteiger partial charge in [0.1, 0.15) is 0 Å². The Morgan fingerprint density at radius 2 is 2.00 bits per heavy atom. The van der Waals surface area contributed by atoms with Crippen LogP contribution in [-0.2, 0) is 6.54 Å². The average Bonchev–Trinajstić information content (AvgIpc) is 2.59. The van der Waals surface area contributed by atoms with Gasteiger partial charge in [-0.3, -0.25) is 10.0 Å². The maximum atomic E-state index is 11.3. The number of allylic oxidation sites excluding steroid dienone is 1. The zero-order chi connectivity index (χ0) is 17.5. The Labute approximate surface area is 145 Å². The lowest BCUT2D eigenvalue weighted by Gasteiger charge is -2.34. The normalized spacial score (nSPS) is 24.0. The fraction of sp³-hybridized carbons (Fsp3) is 0.550. The van der Waals surface area contributed by atoms with Gasteiger partial charge in [0.15, 0.2) is 0 Å². The molecule has 0 spiro atoms. The highest BCUT2D eigenvalue weighted by Crippen LogP contribution is 2.38. The Bertz CT molecular complexity index is 553. The molecule has 24 heavy (non-hydrogen) atoms. The molecule has 0 heterocycles. The molecule has 1 fully saturated rings. The smallest absolute Gasteiger partial charge is 0.274 e. The maximum absolute atomic E-state index is 11.3. The molecular weight excluding hydrogens is 300 g/mol. The Balaban J connectivity index is 1.65. The molecule has 3 atom stereocenters. The molecule has 0 aliphatic heterocycles. The van der Waals surface area contributed by atoms with Gasteiger partial charge >= 0.3 is 0 Å². The molecule has 3 N–H and O–H groups in total. The second kappa shape index (κ2) is 9.00. The van der Waals surface area contributed by atoms with Crippen LogP contribution in [0.3, 0.4) is 0 Å². The molecule has 4 heteroatoms. The Morgan fingerprint density at radius 3 is 2.62 bits per heavy atom. The minimum atomic E-state index is -0.480. The third-order valence-electron chi connectivity index (χ3n) is 5.37. The highest BCUT2D eigenvalue weighted by molar-refractivity contribution is 5.93. The van der Waals surface area contributed by atoms with Gasteiger partial charge in [0.2, 0.25) is 0 Å². The van der Waals surface area contributed by atoms with Crippen LogP contribution < -0.4 is 10.8 Å². The third kappa shape index (κ3) is 5.18. The standard InChI is InChI=1S/C20H30N2O2/c1-14-11-18(12-15(2)16(14)3)5-4-10-21-13-17-6-8-19(9-7-17)20(23)22-24/h6-9,15-16,18,21,24H,1,4-5,10-13H2,2-3H3,(H,22,23). The van der Waals surface area contributed by atoms with Gasteiger partial charge in [0, 0.05) is 12.1 Å². The summed E-state index contributed by atoms with van der Waals surface area (Å²) in [6.07, 6.45) is 4.97. The first-order chi connectivity index (χ1) is 11.5. The molecule has 0 radical (unpaired) electrons. The molecule has 1 aliphatic carbocycles. The fourth-order valence-electron chi connectivity index (χ4n) is 3.58. The maximum Gasteiger partial charge on any atom is 0.274 e. The van der Waals surface area contributed by atoms with Crippen LogP contribution in [0.4, 0.5) is 0 Å². The lowest BCUT2D eigenvalue weighted by molar-refractivity contribution is 0.0706. The van der Waals surface area contributed by atoms with Gasteiger partial charge in [-0.05, 0) is 67.7 Å². The summed E-state index contributed by atoms with van der Waals surface area (Å²) in [5, 5.41) is 12.1. The molecule has 1 aliphatic rings. The fourth-order valence-corrected chi connectivity index (χ4v) is 3.58. The average molecular weight is 330 g/mol. The number of hydrogen-bond donors (Lipinski definition) is 3. The van der Waals surface area contributed by atoms with E-state index < -0.39 is 5.91 Å². The van der Waals surface area contributed by atoms with E-state index in [1.807, 2.05) is 12.1 Å². The van der Waals surface area contributed by atoms with E-state index in [1.54, 1.807) is 17.6 Å². The first-order valence-corrected chi connectivity index (χ1v) is 8.93. The van der Waals surface area contributed by atoms with Crippen LogP contribution in [0.15, 0.2) is 36.4 Å². The number of rotatable bonds is 7. The summed E-state index contributed by atoms with van der Waals surface area (Å²) in [4.78, 5) is 11.3. The van der Waals surface area contributed by atoms with E-state index in [2.05, 4.69) is 25.7 Å². The highest BCUT2D eigenvalue weighted by Gasteiger charge is 2.26. The summed E-state index contributed by atoms with van der Waals surface area (Å²) in [5.74, 6) is 1.75. The van der Waals surface area contributed by atoms with Crippen molar-refractivity contribution in [2.45, 2.75) is 46.1 Å². The molecule has 132 valence electrons. The first kappa shape index (κ1) is 18.7. The van der Waals surface area contributed by atoms with Gasteiger partial charge in [-0.25, -0.2) is 5.48 Å². The minimum Gasteiger partial charge on any atom is -0.313 e. The zero-order valence-corrected chi connectivity index (χ0v) is 14.8. The lowest BCUT2D eigenvalue weighted by Crippen LogP contribution is -2.24. The number of carbonyl (C=O) groups is 1. The second-order valence-electron chi connectivity index (χ2n) is 7.19. The van der Waals surface area contributed by atoms with E-state index in [1.165, 1.54) is 31.3 Å². The van der Waals surface area contributed by atoms with Crippen LogP contribution in [0.5, 0.6) is 0 Å². The Hall–Kier alpha value is -1.65. The van der Waals surface area contributed by atoms with Crippen LogP contribution in [0.2, 0.25) is 0 Å². The van der Waals surface area contributed by atoms with Crippen molar-refractivity contribution in [1.29, 1.82) is 0 Å². The van der Waals surface area contributed by atoms with Crippen molar-refractivity contribution in [2.24, 2.45) is 17.8 Å². The SMILES string of the molecule is C=C1CC(CCCNCc2ccc(C(=O)NO)cc2)CC(C)C1C. The van der Waals surface area contributed by atoms with E-state index in [-0.39, 0.29) is 0 Å². The van der Waals surface area contributed by atoms with Crippen molar-refractivity contribution in [3.8, 4) is 0 Å². The van der Waals surface area contributed by atoms with Crippen molar-refractivity contribution in [3.63, 3.8) is 0 Å². The van der Waals surface area contributed by atoms with Gasteiger partial charge < -0.3 is 5.32 Å². The van der Waals surface area contributed by atoms with Crippen molar-refractivity contribution >= 4 is 5.91 Å². The molecular formula is C20H30N2O2. The minimum absolute atomic E-state index is 0.460. The molecule has 0 bridgehead atoms. The molecule has 3 unspecified atom stereocenters. The van der Waals surface area contributed by atoms with Crippen LogP contribution in [-0.4, -0.2) is 17.7 Å². The molecule has 2 rings (SSSR count). The van der Waals surface area contributed by atoms with Gasteiger partial charge in [0.05, 0.1) is 0 Å². The monoisotopic (exact) mass is 330 g/mol. The number of hydrogen-bond acceptors (Lipinski definition) is 3. The number of carbonyl (C=O) groups excluding carboxylic acids is 1. The van der Waals surface area contributed by atoms with Crippen LogP contribution in [0.1, 0.15) is 55.5 Å². The van der Waals surface area contributed by atoms with E-state index in [4.69, 9.17) is 5.21 Å². The van der Waals surface area contributed by atoms with Crippen molar-refractivity contribution in [3.05, 3.63) is 47.5 Å². The second-order valence-corrected chi connectivity index (χ2v) is 7.19. The predicted octanol–water partition coefficient (Wildman–Crippen LogP) is 3.91. The summed E-state index contributed by atoms with van der Waals surface area (Å²) in [5.41, 5.74) is 4.67. The molecule has 1 aromatic rings. The number of nitrogens with one attached hydrogen (secondary N) is 2. The van der Waals surface area contributed by atoms with Crippen molar-refractivity contribution in [1.82, 2.24) is 10.8 Å². The Kier molecular flexibility index (Phi) is 7.00. The largest absolute Gasteiger partial charge is 0.313 e. The Morgan fingerprint density at radius 1 is 1.29 bits per heavy atom. The number of benzene rings is 1. The van der Waals surface area contributed by atoms with Gasteiger partial charge in [-0.1, -0.05) is 38.1 Å². The number of hydroxylamine groups is 1. The van der Waals surface area contributed by atoms with E-state index in [0.29, 0.717) is 11.5 Å². The molecule has 4 nitrogen and oxygen atoms in total. The summed E-state index contributed by atoms with van der Waals surface area (Å²) in [6.45, 7) is 10.7. The van der Waals surface area contributed by atoms with Crippen LogP contribution >= 0.6 is 0 Å². The summed E-state index contributed by atoms with van der Waals surface area (Å²) in [7, 11) is 0. The highest BCUT2D eigenvalue weighted by atomic mass is 16.5. The van der Waals surface area contributed by atoms with Crippen molar-refractivity contribution in [2.75, 3.05) is 6.54 Å². The van der Waals surface area contributed by atoms with E-state index in [0.717, 1.165) is 30.5 Å². The van der Waals surface area contributed by atoms with Crippen molar-refractivity contribution < 1.29 is 10.0 Å². The van der Waals surface area contributed by atoms with E-state index in [9.17, 15) is 4.79 Å². The van der Waals surface area contributed by atoms with Gasteiger partial charge in [-0.15, -0.1) is 0 Å². The summed E-state index contributed by atoms with van der Waals surface area (Å²) >= 11 is 0. The summed E-state index contributed by atoms with van der Waals surface area (Å²) in [6, 6.07) is 7.26. The van der Waals surface area contributed by atoms with Gasteiger partial charge in [0.25, 0.3) is 5.91 Å². The zero-order valence-electron chi connectivity index (χ0n) is 14.8. The number of amides is 1. The third-order valence-corrected chi connectivity index (χ3v) is 5.37. The molecule has 1 saturated carbocycles. The lowest BCUT2D eigenvalue weighted by atomic mass is 9.72. The molecule has 0 aromatic heterocycles. The topological polar surface area (TPSA) is 61.4 Å². The molecule has 1 amide bonds. The van der Waals surface area contributed by atoms with Crippen LogP contribution in [0, 0.1) is 17.8 Å². The molecule has 0 saturated heterocycles. The molecule has 1 aromatic carbocycles. The van der Waals surface area contributed by atoms with E-state index >= 15 is 0 Å². The van der Waals surface area contributed by atoms with Gasteiger partial charge in [-0.2, -0.15) is 0 Å². The predicted molar refractivity (Wildman–Crippen MR) is 96.8 cm³/mol. The first-order valence-electron chi connectivity index (χ1n) is 8.93. The quantitative estimate of drug-likeness (QED) is 0.307.